The second-order valence-electron chi connectivity index (χ2n) is 2.06. The average molecular weight is 148 g/mol. The van der Waals surface area contributed by atoms with Gasteiger partial charge in [-0.05, 0) is 0 Å². The molecule has 0 aliphatic carbocycles. The zero-order valence-electron chi connectivity index (χ0n) is 6.91. The van der Waals surface area contributed by atoms with Crippen LogP contribution in [0.3, 0.4) is 0 Å². The Hall–Kier alpha value is 0.355. The molecule has 0 N–H and O–H groups in total. The third-order valence-electron chi connectivity index (χ3n) is 1.21. The van der Waals surface area contributed by atoms with Gasteiger partial charge in [0.2, 0.25) is 7.26 Å². The van der Waals surface area contributed by atoms with Gasteiger partial charge in [0.05, 0.1) is 0 Å². The lowest BCUT2D eigenvalue weighted by atomic mass is 10.2. The SMILES string of the molecule is BCl.CCCCCCC. The van der Waals surface area contributed by atoms with E-state index in [1.54, 1.807) is 0 Å². The maximum absolute atomic E-state index is 4.64. The standard InChI is InChI=1S/C7H16.BClH2/c1-3-5-7-6-4-2;1-2/h3-7H2,1-2H3;1H2. The van der Waals surface area contributed by atoms with E-state index in [-0.39, 0.29) is 0 Å². The van der Waals surface area contributed by atoms with E-state index in [2.05, 4.69) is 25.3 Å². The number of hydrogen-bond acceptors (Lipinski definition) is 0. The van der Waals surface area contributed by atoms with Crippen molar-refractivity contribution in [2.24, 2.45) is 0 Å². The molecule has 0 spiro atoms. The Morgan fingerprint density at radius 1 is 0.889 bits per heavy atom. The van der Waals surface area contributed by atoms with Crippen LogP contribution in [0, 0.1) is 0 Å². The fraction of sp³-hybridized carbons (Fsp3) is 1.00. The van der Waals surface area contributed by atoms with Crippen LogP contribution in [0.25, 0.3) is 0 Å². The van der Waals surface area contributed by atoms with Crippen LogP contribution in [0.4, 0.5) is 0 Å². The molecular formula is C7H18BCl. The van der Waals surface area contributed by atoms with Gasteiger partial charge in [-0.25, -0.2) is 11.5 Å². The van der Waals surface area contributed by atoms with Gasteiger partial charge in [0.15, 0.2) is 0 Å². The molecular weight excluding hydrogens is 130 g/mol. The van der Waals surface area contributed by atoms with E-state index in [4.69, 9.17) is 0 Å². The zero-order valence-corrected chi connectivity index (χ0v) is 7.67. The normalized spacial score (nSPS) is 7.89. The average Bonchev–Trinajstić information content (AvgIpc) is 1.94. The van der Waals surface area contributed by atoms with Crippen molar-refractivity contribution in [2.45, 2.75) is 46.0 Å². The predicted molar refractivity (Wildman–Crippen MR) is 48.8 cm³/mol. The lowest BCUT2D eigenvalue weighted by Gasteiger charge is -1.90. The summed E-state index contributed by atoms with van der Waals surface area (Å²) in [6, 6.07) is 0. The molecule has 56 valence electrons. The molecule has 0 fully saturated rings. The summed E-state index contributed by atoms with van der Waals surface area (Å²) in [5, 5.41) is 0. The molecule has 0 atom stereocenters. The lowest BCUT2D eigenvalue weighted by Crippen LogP contribution is -1.70. The zero-order chi connectivity index (χ0) is 7.54. The van der Waals surface area contributed by atoms with Crippen molar-refractivity contribution in [1.29, 1.82) is 0 Å². The highest BCUT2D eigenvalue weighted by molar-refractivity contribution is 6.80. The fourth-order valence-electron chi connectivity index (χ4n) is 0.677. The van der Waals surface area contributed by atoms with Crippen LogP contribution in [0.5, 0.6) is 0 Å². The van der Waals surface area contributed by atoms with Gasteiger partial charge < -0.3 is 0 Å². The second kappa shape index (κ2) is 15.8. The highest BCUT2D eigenvalue weighted by atomic mass is 35.5. The minimum Gasteiger partial charge on any atom is -0.206 e. The minimum atomic E-state index is 1.36. The van der Waals surface area contributed by atoms with Crippen molar-refractivity contribution in [3.63, 3.8) is 0 Å². The van der Waals surface area contributed by atoms with Gasteiger partial charge in [0.1, 0.15) is 0 Å². The molecule has 0 aromatic rings. The largest absolute Gasteiger partial charge is 0.215 e. The van der Waals surface area contributed by atoms with Crippen LogP contribution in [0.2, 0.25) is 0 Å². The molecule has 0 aromatic heterocycles. The number of unbranched alkanes of at least 4 members (excludes halogenated alkanes) is 4. The molecule has 0 amide bonds. The molecule has 0 heterocycles. The van der Waals surface area contributed by atoms with E-state index in [0.29, 0.717) is 0 Å². The van der Waals surface area contributed by atoms with Crippen LogP contribution >= 0.6 is 11.5 Å². The quantitative estimate of drug-likeness (QED) is 0.425. The molecule has 0 nitrogen and oxygen atoms in total. The van der Waals surface area contributed by atoms with Gasteiger partial charge >= 0.3 is 0 Å². The third kappa shape index (κ3) is 17.8. The maximum atomic E-state index is 4.64. The van der Waals surface area contributed by atoms with Gasteiger partial charge in [-0.1, -0.05) is 46.0 Å². The number of rotatable bonds is 4. The van der Waals surface area contributed by atoms with E-state index in [1.165, 1.54) is 39.4 Å². The summed E-state index contributed by atoms with van der Waals surface area (Å²) in [6.45, 7) is 4.49. The summed E-state index contributed by atoms with van der Waals surface area (Å²) in [4.78, 5) is 0. The van der Waals surface area contributed by atoms with Gasteiger partial charge in [-0.3, -0.25) is 0 Å². The molecule has 0 unspecified atom stereocenters. The molecule has 0 bridgehead atoms. The van der Waals surface area contributed by atoms with Crippen molar-refractivity contribution >= 4 is 18.7 Å². The minimum absolute atomic E-state index is 1.36. The first-order valence-electron chi connectivity index (χ1n) is 3.79. The molecule has 2 heteroatoms. The van der Waals surface area contributed by atoms with E-state index < -0.39 is 0 Å². The second-order valence-corrected chi connectivity index (χ2v) is 2.06. The monoisotopic (exact) mass is 148 g/mol. The van der Waals surface area contributed by atoms with E-state index in [9.17, 15) is 0 Å². The summed E-state index contributed by atoms with van der Waals surface area (Å²) in [7, 11) is 1.47. The van der Waals surface area contributed by atoms with Gasteiger partial charge in [0, 0.05) is 0 Å². The first-order chi connectivity index (χ1) is 4.41. The van der Waals surface area contributed by atoms with Crippen molar-refractivity contribution in [2.75, 3.05) is 0 Å². The summed E-state index contributed by atoms with van der Waals surface area (Å²) in [5.74, 6) is 0. The maximum Gasteiger partial charge on any atom is 0.215 e. The Bertz CT molecular complexity index is 28.1. The van der Waals surface area contributed by atoms with Gasteiger partial charge in [-0.2, -0.15) is 0 Å². The fourth-order valence-corrected chi connectivity index (χ4v) is 0.677. The first kappa shape index (κ1) is 12.1. The van der Waals surface area contributed by atoms with E-state index in [1.807, 2.05) is 0 Å². The topological polar surface area (TPSA) is 0 Å². The molecule has 9 heavy (non-hydrogen) atoms. The third-order valence-corrected chi connectivity index (χ3v) is 1.21. The summed E-state index contributed by atoms with van der Waals surface area (Å²) in [6.07, 6.45) is 7.01. The lowest BCUT2D eigenvalue weighted by molar-refractivity contribution is 0.656. The van der Waals surface area contributed by atoms with Crippen molar-refractivity contribution in [3.05, 3.63) is 0 Å². The Balaban J connectivity index is 0. The van der Waals surface area contributed by atoms with Crippen LogP contribution in [-0.4, -0.2) is 7.26 Å². The van der Waals surface area contributed by atoms with E-state index >= 15 is 0 Å². The van der Waals surface area contributed by atoms with Crippen LogP contribution < -0.4 is 0 Å². The Morgan fingerprint density at radius 2 is 1.22 bits per heavy atom. The highest BCUT2D eigenvalue weighted by Gasteiger charge is 1.80. The van der Waals surface area contributed by atoms with Crippen LogP contribution in [0.15, 0.2) is 0 Å². The molecule has 0 aliphatic heterocycles. The van der Waals surface area contributed by atoms with Crippen molar-refractivity contribution in [3.8, 4) is 0 Å². The Kier molecular flexibility index (Phi) is 21.1. The summed E-state index contributed by atoms with van der Waals surface area (Å²) in [5.41, 5.74) is 0. The molecule has 0 saturated carbocycles. The van der Waals surface area contributed by atoms with Crippen molar-refractivity contribution in [1.82, 2.24) is 0 Å². The molecule has 0 aliphatic rings. The molecule has 0 saturated heterocycles. The molecule has 0 radical (unpaired) electrons. The smallest absolute Gasteiger partial charge is 0.206 e. The van der Waals surface area contributed by atoms with Gasteiger partial charge in [-0.15, -0.1) is 0 Å². The Labute approximate surface area is 65.3 Å². The van der Waals surface area contributed by atoms with Gasteiger partial charge in [0.25, 0.3) is 0 Å². The summed E-state index contributed by atoms with van der Waals surface area (Å²) >= 11 is 4.64. The molecule has 0 aromatic carbocycles. The predicted octanol–water partition coefficient (Wildman–Crippen LogP) is 2.75. The van der Waals surface area contributed by atoms with E-state index in [0.717, 1.165) is 0 Å². The number of hydrogen-bond donors (Lipinski definition) is 0. The summed E-state index contributed by atoms with van der Waals surface area (Å²) < 4.78 is 0. The van der Waals surface area contributed by atoms with Crippen LogP contribution in [0.1, 0.15) is 46.0 Å². The number of halogens is 1. The molecule has 0 rings (SSSR count). The first-order valence-corrected chi connectivity index (χ1v) is 4.55. The van der Waals surface area contributed by atoms with Crippen molar-refractivity contribution < 1.29 is 0 Å². The Morgan fingerprint density at radius 3 is 1.44 bits per heavy atom. The van der Waals surface area contributed by atoms with Crippen LogP contribution in [-0.2, 0) is 0 Å². The highest BCUT2D eigenvalue weighted by Crippen LogP contribution is 2.00.